The predicted molar refractivity (Wildman–Crippen MR) is 129 cm³/mol. The number of amides is 1. The number of hydrogen-bond donors (Lipinski definition) is 1. The van der Waals surface area contributed by atoms with Crippen molar-refractivity contribution in [3.05, 3.63) is 108 Å². The average molecular weight is 443 g/mol. The van der Waals surface area contributed by atoms with E-state index in [1.165, 1.54) is 5.56 Å². The lowest BCUT2D eigenvalue weighted by atomic mass is 9.90. The molecule has 0 radical (unpaired) electrons. The highest BCUT2D eigenvalue weighted by molar-refractivity contribution is 5.91. The minimum atomic E-state index is -0.942. The van der Waals surface area contributed by atoms with Crippen LogP contribution in [0.5, 0.6) is 0 Å². The van der Waals surface area contributed by atoms with Crippen molar-refractivity contribution in [2.24, 2.45) is 0 Å². The zero-order valence-electron chi connectivity index (χ0n) is 18.9. The number of benzene rings is 3. The Labute approximate surface area is 195 Å². The van der Waals surface area contributed by atoms with Gasteiger partial charge in [-0.2, -0.15) is 0 Å². The Morgan fingerprint density at radius 2 is 1.42 bits per heavy atom. The van der Waals surface area contributed by atoms with Crippen LogP contribution in [0.15, 0.2) is 91.0 Å². The fraction of sp³-hybridized carbons (Fsp3) is 0.286. The summed E-state index contributed by atoms with van der Waals surface area (Å²) in [4.78, 5) is 29.8. The average Bonchev–Trinajstić information content (AvgIpc) is 3.31. The maximum absolute atomic E-state index is 13.9. The van der Waals surface area contributed by atoms with Gasteiger partial charge in [-0.15, -0.1) is 0 Å². The van der Waals surface area contributed by atoms with Crippen molar-refractivity contribution in [3.8, 4) is 0 Å². The van der Waals surface area contributed by atoms with Gasteiger partial charge < -0.3 is 14.9 Å². The second-order valence-corrected chi connectivity index (χ2v) is 8.70. The summed E-state index contributed by atoms with van der Waals surface area (Å²) >= 11 is 0. The molecule has 1 heterocycles. The molecular weight excluding hydrogens is 412 g/mol. The summed E-state index contributed by atoms with van der Waals surface area (Å²) in [6.07, 6.45) is 1.32. The molecule has 5 nitrogen and oxygen atoms in total. The summed E-state index contributed by atoms with van der Waals surface area (Å²) in [5.74, 6) is -1.62. The highest BCUT2D eigenvalue weighted by Gasteiger charge is 2.43. The summed E-state index contributed by atoms with van der Waals surface area (Å²) in [5.41, 5.74) is 3.00. The van der Waals surface area contributed by atoms with E-state index in [-0.39, 0.29) is 11.9 Å². The van der Waals surface area contributed by atoms with Crippen molar-refractivity contribution in [2.75, 3.05) is 20.1 Å². The summed E-state index contributed by atoms with van der Waals surface area (Å²) in [7, 11) is 2.02. The molecule has 3 aromatic rings. The van der Waals surface area contributed by atoms with Crippen molar-refractivity contribution in [1.29, 1.82) is 0 Å². The highest BCUT2D eigenvalue weighted by Crippen LogP contribution is 2.31. The number of likely N-dealkylation sites (N-methyl/N-ethyl adjacent to an activating group) is 1. The molecule has 4 rings (SSSR count). The van der Waals surface area contributed by atoms with Crippen LogP contribution in [0.25, 0.3) is 0 Å². The van der Waals surface area contributed by atoms with E-state index in [0.717, 1.165) is 24.1 Å². The zero-order valence-corrected chi connectivity index (χ0v) is 18.9. The van der Waals surface area contributed by atoms with Gasteiger partial charge in [-0.05, 0) is 36.6 Å². The smallest absolute Gasteiger partial charge is 0.326 e. The van der Waals surface area contributed by atoms with Crippen LogP contribution in [0.4, 0.5) is 0 Å². The van der Waals surface area contributed by atoms with E-state index in [2.05, 4.69) is 17.0 Å². The molecule has 1 amide bonds. The largest absolute Gasteiger partial charge is 0.480 e. The summed E-state index contributed by atoms with van der Waals surface area (Å²) in [6, 6.07) is 28.7. The van der Waals surface area contributed by atoms with Crippen LogP contribution in [0, 0.1) is 0 Å². The van der Waals surface area contributed by atoms with E-state index >= 15 is 0 Å². The SMILES string of the molecule is CN(CCc1ccccc1)[C@H]1C[C@@H](C(=O)O)N(C(=O)C(c2ccccc2)c2ccccc2)C1. The monoisotopic (exact) mass is 442 g/mol. The minimum Gasteiger partial charge on any atom is -0.480 e. The molecule has 0 aliphatic carbocycles. The Bertz CT molecular complexity index is 1020. The van der Waals surface area contributed by atoms with Gasteiger partial charge in [0.2, 0.25) is 5.91 Å². The summed E-state index contributed by atoms with van der Waals surface area (Å²) in [5, 5.41) is 9.95. The van der Waals surface area contributed by atoms with Crippen molar-refractivity contribution < 1.29 is 14.7 Å². The van der Waals surface area contributed by atoms with Gasteiger partial charge in [0.1, 0.15) is 6.04 Å². The first-order chi connectivity index (χ1) is 16.0. The number of hydrogen-bond acceptors (Lipinski definition) is 3. The third kappa shape index (κ3) is 5.32. The molecule has 1 fully saturated rings. The molecule has 5 heteroatoms. The van der Waals surface area contributed by atoms with Gasteiger partial charge in [0.05, 0.1) is 5.92 Å². The van der Waals surface area contributed by atoms with E-state index in [0.29, 0.717) is 13.0 Å². The van der Waals surface area contributed by atoms with E-state index in [4.69, 9.17) is 0 Å². The molecule has 1 aliphatic heterocycles. The highest BCUT2D eigenvalue weighted by atomic mass is 16.4. The van der Waals surface area contributed by atoms with E-state index in [1.54, 1.807) is 4.90 Å². The van der Waals surface area contributed by atoms with Crippen LogP contribution in [-0.4, -0.2) is 59.0 Å². The summed E-state index contributed by atoms with van der Waals surface area (Å²) in [6.45, 7) is 1.22. The van der Waals surface area contributed by atoms with Crippen molar-refractivity contribution >= 4 is 11.9 Å². The number of rotatable bonds is 8. The molecule has 2 atom stereocenters. The van der Waals surface area contributed by atoms with Gasteiger partial charge in [0.25, 0.3) is 0 Å². The third-order valence-electron chi connectivity index (χ3n) is 6.58. The van der Waals surface area contributed by atoms with E-state index in [1.807, 2.05) is 85.9 Å². The number of carbonyl (C=O) groups is 2. The molecule has 1 N–H and O–H groups in total. The number of carboxylic acid groups (broad SMARTS) is 1. The molecule has 170 valence electrons. The van der Waals surface area contributed by atoms with Crippen LogP contribution in [-0.2, 0) is 16.0 Å². The minimum absolute atomic E-state index is 0.00552. The molecule has 1 aliphatic rings. The molecular formula is C28H30N2O3. The van der Waals surface area contributed by atoms with Gasteiger partial charge in [-0.25, -0.2) is 4.79 Å². The normalized spacial score (nSPS) is 18.1. The van der Waals surface area contributed by atoms with Crippen LogP contribution < -0.4 is 0 Å². The molecule has 0 unspecified atom stereocenters. The number of carboxylic acids is 1. The van der Waals surface area contributed by atoms with Crippen LogP contribution in [0.2, 0.25) is 0 Å². The van der Waals surface area contributed by atoms with Gasteiger partial charge in [-0.1, -0.05) is 91.0 Å². The summed E-state index contributed by atoms with van der Waals surface area (Å²) < 4.78 is 0. The maximum atomic E-state index is 13.9. The molecule has 33 heavy (non-hydrogen) atoms. The van der Waals surface area contributed by atoms with Gasteiger partial charge in [-0.3, -0.25) is 4.79 Å². The van der Waals surface area contributed by atoms with E-state index in [9.17, 15) is 14.7 Å². The lowest BCUT2D eigenvalue weighted by Gasteiger charge is -2.28. The molecule has 0 spiro atoms. The second-order valence-electron chi connectivity index (χ2n) is 8.70. The number of likely N-dealkylation sites (tertiary alicyclic amines) is 1. The van der Waals surface area contributed by atoms with Gasteiger partial charge in [0, 0.05) is 19.1 Å². The first kappa shape index (κ1) is 22.7. The Morgan fingerprint density at radius 1 is 0.909 bits per heavy atom. The van der Waals surface area contributed by atoms with Crippen molar-refractivity contribution in [1.82, 2.24) is 9.80 Å². The van der Waals surface area contributed by atoms with Gasteiger partial charge in [0.15, 0.2) is 0 Å². The number of aliphatic carboxylic acids is 1. The Hall–Kier alpha value is -3.44. The first-order valence-electron chi connectivity index (χ1n) is 11.4. The maximum Gasteiger partial charge on any atom is 0.326 e. The Morgan fingerprint density at radius 3 is 1.94 bits per heavy atom. The van der Waals surface area contributed by atoms with Crippen LogP contribution in [0.1, 0.15) is 29.0 Å². The Balaban J connectivity index is 1.55. The van der Waals surface area contributed by atoms with Crippen LogP contribution >= 0.6 is 0 Å². The molecule has 0 bridgehead atoms. The standard InChI is InChI=1S/C28H30N2O3/c1-29(18-17-21-11-5-2-6-12-21)24-19-25(28(32)33)30(20-24)27(31)26(22-13-7-3-8-14-22)23-15-9-4-10-16-23/h2-16,24-26H,17-20H2,1H3,(H,32,33)/t24-,25-/m0/s1. The van der Waals surface area contributed by atoms with E-state index < -0.39 is 17.9 Å². The lowest BCUT2D eigenvalue weighted by molar-refractivity contribution is -0.148. The van der Waals surface area contributed by atoms with Crippen molar-refractivity contribution in [3.63, 3.8) is 0 Å². The fourth-order valence-electron chi connectivity index (χ4n) is 4.68. The molecule has 0 saturated carbocycles. The number of nitrogens with zero attached hydrogens (tertiary/aromatic N) is 2. The van der Waals surface area contributed by atoms with Crippen LogP contribution in [0.3, 0.4) is 0 Å². The quantitative estimate of drug-likeness (QED) is 0.572. The second kappa shape index (κ2) is 10.5. The molecule has 0 aromatic heterocycles. The third-order valence-corrected chi connectivity index (χ3v) is 6.58. The van der Waals surface area contributed by atoms with Gasteiger partial charge >= 0.3 is 5.97 Å². The fourth-order valence-corrected chi connectivity index (χ4v) is 4.68. The molecule has 3 aromatic carbocycles. The zero-order chi connectivity index (χ0) is 23.2. The van der Waals surface area contributed by atoms with Crippen molar-refractivity contribution in [2.45, 2.75) is 30.8 Å². The topological polar surface area (TPSA) is 60.9 Å². The Kier molecular flexibility index (Phi) is 7.20. The number of carbonyl (C=O) groups excluding carboxylic acids is 1. The molecule has 1 saturated heterocycles. The first-order valence-corrected chi connectivity index (χ1v) is 11.4. The predicted octanol–water partition coefficient (Wildman–Crippen LogP) is 4.05. The lowest BCUT2D eigenvalue weighted by Crippen LogP contribution is -2.44.